The Morgan fingerprint density at radius 2 is 1.54 bits per heavy atom. The Bertz CT molecular complexity index is 410. The van der Waals surface area contributed by atoms with Crippen molar-refractivity contribution in [2.24, 2.45) is 0 Å². The van der Waals surface area contributed by atoms with Gasteiger partial charge >= 0.3 is 0 Å². The van der Waals surface area contributed by atoms with E-state index in [1.165, 1.54) is 12.1 Å². The van der Waals surface area contributed by atoms with E-state index in [4.69, 9.17) is 4.55 Å². The third-order valence-corrected chi connectivity index (χ3v) is 2.59. The lowest BCUT2D eigenvalue weighted by Gasteiger charge is -2.04. The third kappa shape index (κ3) is 1.99. The summed E-state index contributed by atoms with van der Waals surface area (Å²) in [6.07, 6.45) is 0. The molecule has 0 saturated carbocycles. The zero-order chi connectivity index (χ0) is 10.2. The molecule has 0 atom stereocenters. The number of aryl methyl sites for hydroxylation is 2. The fourth-order valence-corrected chi connectivity index (χ4v) is 1.72. The van der Waals surface area contributed by atoms with Gasteiger partial charge in [-0.2, -0.15) is 8.42 Å². The number of hydrogen-bond acceptors (Lipinski definition) is 3. The molecule has 0 heterocycles. The lowest BCUT2D eigenvalue weighted by atomic mass is 10.1. The molecule has 0 aliphatic heterocycles. The van der Waals surface area contributed by atoms with Crippen LogP contribution in [0, 0.1) is 13.8 Å². The second-order valence-corrected chi connectivity index (χ2v) is 4.30. The van der Waals surface area contributed by atoms with E-state index in [9.17, 15) is 13.5 Å². The predicted octanol–water partition coefficient (Wildman–Crippen LogP) is 1.26. The van der Waals surface area contributed by atoms with Crippen molar-refractivity contribution in [3.63, 3.8) is 0 Å². The normalized spacial score (nSPS) is 11.6. The maximum Gasteiger partial charge on any atom is 0.294 e. The molecule has 0 amide bonds. The lowest BCUT2D eigenvalue weighted by molar-refractivity contribution is 0.464. The molecule has 1 aromatic rings. The van der Waals surface area contributed by atoms with Gasteiger partial charge in [0.05, 0.1) is 4.90 Å². The maximum atomic E-state index is 10.7. The molecule has 4 nitrogen and oxygen atoms in total. The molecule has 1 rings (SSSR count). The van der Waals surface area contributed by atoms with Crippen molar-refractivity contribution >= 4 is 10.1 Å². The number of rotatable bonds is 1. The van der Waals surface area contributed by atoms with Gasteiger partial charge in [0, 0.05) is 0 Å². The first-order valence-corrected chi connectivity index (χ1v) is 5.04. The summed E-state index contributed by atoms with van der Waals surface area (Å²) in [5.41, 5.74) is 0.847. The van der Waals surface area contributed by atoms with Crippen molar-refractivity contribution < 1.29 is 18.1 Å². The Morgan fingerprint density at radius 3 is 1.85 bits per heavy atom. The molecule has 0 aromatic heterocycles. The standard InChI is InChI=1S/C8H10O4S/c1-5-3-7(13(10,11)12)4-6(2)8(5)9/h3-4,9H,1-2H3,(H,10,11,12). The Morgan fingerprint density at radius 1 is 1.15 bits per heavy atom. The van der Waals surface area contributed by atoms with Crippen molar-refractivity contribution in [3.05, 3.63) is 23.3 Å². The number of hydrogen-bond donors (Lipinski definition) is 2. The molecule has 0 saturated heterocycles. The van der Waals surface area contributed by atoms with Gasteiger partial charge < -0.3 is 5.11 Å². The molecule has 5 heteroatoms. The SMILES string of the molecule is Cc1cc(S(=O)(=O)O)cc(C)c1O. The summed E-state index contributed by atoms with van der Waals surface area (Å²) in [5, 5.41) is 9.32. The van der Waals surface area contributed by atoms with Crippen LogP contribution in [-0.2, 0) is 10.1 Å². The van der Waals surface area contributed by atoms with Gasteiger partial charge in [0.25, 0.3) is 10.1 Å². The molecular formula is C8H10O4S. The van der Waals surface area contributed by atoms with Gasteiger partial charge in [0.2, 0.25) is 0 Å². The monoisotopic (exact) mass is 202 g/mol. The second-order valence-electron chi connectivity index (χ2n) is 2.88. The van der Waals surface area contributed by atoms with Crippen LogP contribution >= 0.6 is 0 Å². The highest BCUT2D eigenvalue weighted by atomic mass is 32.2. The first-order chi connectivity index (χ1) is 5.82. The van der Waals surface area contributed by atoms with Crippen LogP contribution in [0.4, 0.5) is 0 Å². The van der Waals surface area contributed by atoms with Gasteiger partial charge in [0.1, 0.15) is 5.75 Å². The molecule has 2 N–H and O–H groups in total. The highest BCUT2D eigenvalue weighted by molar-refractivity contribution is 7.85. The van der Waals surface area contributed by atoms with Crippen molar-refractivity contribution in [2.75, 3.05) is 0 Å². The molecular weight excluding hydrogens is 192 g/mol. The zero-order valence-corrected chi connectivity index (χ0v) is 8.09. The van der Waals surface area contributed by atoms with Crippen LogP contribution in [0.15, 0.2) is 17.0 Å². The summed E-state index contributed by atoms with van der Waals surface area (Å²) in [6, 6.07) is 2.44. The Hall–Kier alpha value is -1.07. The second kappa shape index (κ2) is 3.01. The van der Waals surface area contributed by atoms with Crippen molar-refractivity contribution in [2.45, 2.75) is 18.7 Å². The average molecular weight is 202 g/mol. The molecule has 0 bridgehead atoms. The highest BCUT2D eigenvalue weighted by Gasteiger charge is 2.12. The van der Waals surface area contributed by atoms with Crippen LogP contribution in [0.5, 0.6) is 5.75 Å². The van der Waals surface area contributed by atoms with Gasteiger partial charge in [0.15, 0.2) is 0 Å². The summed E-state index contributed by atoms with van der Waals surface area (Å²) in [4.78, 5) is -0.194. The van der Waals surface area contributed by atoms with E-state index in [2.05, 4.69) is 0 Å². The smallest absolute Gasteiger partial charge is 0.294 e. The van der Waals surface area contributed by atoms with E-state index in [-0.39, 0.29) is 10.6 Å². The largest absolute Gasteiger partial charge is 0.507 e. The Balaban J connectivity index is 3.47. The fourth-order valence-electron chi connectivity index (χ4n) is 1.07. The summed E-state index contributed by atoms with van der Waals surface area (Å²) in [6.45, 7) is 3.13. The lowest BCUT2D eigenvalue weighted by Crippen LogP contribution is -1.99. The van der Waals surface area contributed by atoms with Crippen molar-refractivity contribution in [1.29, 1.82) is 0 Å². The fraction of sp³-hybridized carbons (Fsp3) is 0.250. The van der Waals surface area contributed by atoms with Gasteiger partial charge in [-0.05, 0) is 37.1 Å². The molecule has 13 heavy (non-hydrogen) atoms. The van der Waals surface area contributed by atoms with Crippen molar-refractivity contribution in [1.82, 2.24) is 0 Å². The minimum Gasteiger partial charge on any atom is -0.507 e. The number of aromatic hydroxyl groups is 1. The molecule has 72 valence electrons. The quantitative estimate of drug-likeness (QED) is 0.672. The van der Waals surface area contributed by atoms with Crippen LogP contribution in [-0.4, -0.2) is 18.1 Å². The third-order valence-electron chi connectivity index (χ3n) is 1.76. The maximum absolute atomic E-state index is 10.7. The van der Waals surface area contributed by atoms with E-state index >= 15 is 0 Å². The number of benzene rings is 1. The van der Waals surface area contributed by atoms with E-state index in [0.717, 1.165) is 0 Å². The number of phenols is 1. The van der Waals surface area contributed by atoms with E-state index in [0.29, 0.717) is 11.1 Å². The zero-order valence-electron chi connectivity index (χ0n) is 7.27. The van der Waals surface area contributed by atoms with Gasteiger partial charge in [-0.3, -0.25) is 4.55 Å². The molecule has 0 unspecified atom stereocenters. The first kappa shape index (κ1) is 10.0. The van der Waals surface area contributed by atoms with Crippen LogP contribution < -0.4 is 0 Å². The van der Waals surface area contributed by atoms with Crippen LogP contribution in [0.1, 0.15) is 11.1 Å². The van der Waals surface area contributed by atoms with Gasteiger partial charge in [-0.15, -0.1) is 0 Å². The Kier molecular flexibility index (Phi) is 2.32. The summed E-state index contributed by atoms with van der Waals surface area (Å²) in [7, 11) is -4.18. The van der Waals surface area contributed by atoms with Crippen molar-refractivity contribution in [3.8, 4) is 5.75 Å². The molecule has 0 aliphatic rings. The van der Waals surface area contributed by atoms with E-state index in [1.54, 1.807) is 13.8 Å². The topological polar surface area (TPSA) is 74.6 Å². The first-order valence-electron chi connectivity index (χ1n) is 3.60. The number of phenolic OH excluding ortho intramolecular Hbond substituents is 1. The summed E-state index contributed by atoms with van der Waals surface area (Å²) < 4.78 is 30.2. The highest BCUT2D eigenvalue weighted by Crippen LogP contribution is 2.24. The Labute approximate surface area is 76.6 Å². The van der Waals surface area contributed by atoms with Crippen LogP contribution in [0.25, 0.3) is 0 Å². The predicted molar refractivity (Wildman–Crippen MR) is 47.4 cm³/mol. The molecule has 1 aromatic carbocycles. The minimum atomic E-state index is -4.18. The van der Waals surface area contributed by atoms with E-state index < -0.39 is 10.1 Å². The van der Waals surface area contributed by atoms with Gasteiger partial charge in [-0.25, -0.2) is 0 Å². The molecule has 0 spiro atoms. The molecule has 0 fully saturated rings. The molecule has 0 aliphatic carbocycles. The molecule has 0 radical (unpaired) electrons. The minimum absolute atomic E-state index is 0.0485. The van der Waals surface area contributed by atoms with E-state index in [1.807, 2.05) is 0 Å². The van der Waals surface area contributed by atoms with Crippen LogP contribution in [0.3, 0.4) is 0 Å². The summed E-state index contributed by atoms with van der Waals surface area (Å²) in [5.74, 6) is 0.0485. The van der Waals surface area contributed by atoms with Gasteiger partial charge in [-0.1, -0.05) is 0 Å². The average Bonchev–Trinajstić information content (AvgIpc) is 1.97. The van der Waals surface area contributed by atoms with Crippen LogP contribution in [0.2, 0.25) is 0 Å². The summed E-state index contributed by atoms with van der Waals surface area (Å²) >= 11 is 0.